The van der Waals surface area contributed by atoms with E-state index in [0.717, 1.165) is 5.39 Å². The van der Waals surface area contributed by atoms with Crippen molar-refractivity contribution in [2.24, 2.45) is 0 Å². The highest BCUT2D eigenvalue weighted by Crippen LogP contribution is 2.44. The van der Waals surface area contributed by atoms with E-state index in [2.05, 4.69) is 20.7 Å². The van der Waals surface area contributed by atoms with Crippen LogP contribution in [0.1, 0.15) is 17.9 Å². The minimum absolute atomic E-state index is 0.0671. The number of rotatable bonds is 4. The van der Waals surface area contributed by atoms with Gasteiger partial charge in [-0.15, -0.1) is 0 Å². The van der Waals surface area contributed by atoms with Crippen LogP contribution in [0.25, 0.3) is 10.8 Å². The predicted molar refractivity (Wildman–Crippen MR) is 113 cm³/mol. The molecule has 0 aliphatic carbocycles. The standard InChI is InChI=1S/C21H18BrNO5S/c1-27-17-10-9-16(22)20-19(17)15(11-12-28-20)21(24)23-29(25,26)18-8-4-6-13-5-2-3-7-14(13)18/h2-10,15H,11-12H2,1H3,(H,23,24)/t15-/m0/s1. The van der Waals surface area contributed by atoms with Crippen LogP contribution in [0.4, 0.5) is 0 Å². The number of ether oxygens (including phenoxy) is 2. The highest BCUT2D eigenvalue weighted by Gasteiger charge is 2.34. The van der Waals surface area contributed by atoms with Gasteiger partial charge in [-0.2, -0.15) is 0 Å². The minimum Gasteiger partial charge on any atom is -0.496 e. The molecular weight excluding hydrogens is 458 g/mol. The normalized spacial score (nSPS) is 16.0. The number of sulfonamides is 1. The van der Waals surface area contributed by atoms with Gasteiger partial charge in [-0.3, -0.25) is 4.79 Å². The molecule has 0 saturated heterocycles. The Morgan fingerprint density at radius 3 is 2.69 bits per heavy atom. The van der Waals surface area contributed by atoms with Crippen LogP contribution >= 0.6 is 15.9 Å². The first-order valence-electron chi connectivity index (χ1n) is 8.96. The van der Waals surface area contributed by atoms with Gasteiger partial charge in [-0.1, -0.05) is 36.4 Å². The zero-order valence-corrected chi connectivity index (χ0v) is 17.9. The highest BCUT2D eigenvalue weighted by molar-refractivity contribution is 9.10. The first kappa shape index (κ1) is 19.7. The van der Waals surface area contributed by atoms with Crippen molar-refractivity contribution in [2.75, 3.05) is 13.7 Å². The van der Waals surface area contributed by atoms with Crippen LogP contribution in [-0.2, 0) is 14.8 Å². The van der Waals surface area contributed by atoms with Crippen LogP contribution in [0.3, 0.4) is 0 Å². The molecule has 0 spiro atoms. The summed E-state index contributed by atoms with van der Waals surface area (Å²) in [5.74, 6) is -0.348. The number of nitrogens with one attached hydrogen (secondary N) is 1. The number of carbonyl (C=O) groups is 1. The largest absolute Gasteiger partial charge is 0.496 e. The van der Waals surface area contributed by atoms with Gasteiger partial charge in [0.2, 0.25) is 5.91 Å². The molecule has 6 nitrogen and oxygen atoms in total. The number of halogens is 1. The Balaban J connectivity index is 1.72. The fourth-order valence-corrected chi connectivity index (χ4v) is 5.29. The molecule has 0 fully saturated rings. The van der Waals surface area contributed by atoms with Crippen molar-refractivity contribution in [2.45, 2.75) is 17.2 Å². The molecule has 1 aliphatic rings. The fraction of sp³-hybridized carbons (Fsp3) is 0.190. The molecule has 1 amide bonds. The van der Waals surface area contributed by atoms with Crippen molar-refractivity contribution < 1.29 is 22.7 Å². The average Bonchev–Trinajstić information content (AvgIpc) is 2.73. The van der Waals surface area contributed by atoms with E-state index < -0.39 is 21.8 Å². The van der Waals surface area contributed by atoms with Crippen LogP contribution < -0.4 is 14.2 Å². The molecule has 0 saturated carbocycles. The monoisotopic (exact) mass is 475 g/mol. The van der Waals surface area contributed by atoms with Crippen molar-refractivity contribution in [1.82, 2.24) is 4.72 Å². The van der Waals surface area contributed by atoms with Gasteiger partial charge in [0, 0.05) is 10.9 Å². The van der Waals surface area contributed by atoms with Gasteiger partial charge in [-0.05, 0) is 45.9 Å². The van der Waals surface area contributed by atoms with E-state index in [1.54, 1.807) is 30.3 Å². The van der Waals surface area contributed by atoms with Gasteiger partial charge in [0.15, 0.2) is 0 Å². The van der Waals surface area contributed by atoms with E-state index in [4.69, 9.17) is 9.47 Å². The van der Waals surface area contributed by atoms with E-state index in [1.165, 1.54) is 13.2 Å². The van der Waals surface area contributed by atoms with E-state index in [9.17, 15) is 13.2 Å². The van der Waals surface area contributed by atoms with Crippen LogP contribution in [0.5, 0.6) is 11.5 Å². The van der Waals surface area contributed by atoms with Crippen LogP contribution in [-0.4, -0.2) is 28.0 Å². The Labute approximate surface area is 177 Å². The SMILES string of the molecule is COc1ccc(Br)c2c1[C@@H](C(=O)NS(=O)(=O)c1cccc3ccccc13)CCO2. The summed E-state index contributed by atoms with van der Waals surface area (Å²) in [6.45, 7) is 0.297. The summed E-state index contributed by atoms with van der Waals surface area (Å²) in [5.41, 5.74) is 0.541. The third kappa shape index (κ3) is 3.58. The Bertz CT molecular complexity index is 1200. The predicted octanol–water partition coefficient (Wildman–Crippen LogP) is 3.98. The summed E-state index contributed by atoms with van der Waals surface area (Å²) in [6, 6.07) is 15.6. The van der Waals surface area contributed by atoms with Gasteiger partial charge in [0.25, 0.3) is 10.0 Å². The lowest BCUT2D eigenvalue weighted by atomic mass is 9.91. The summed E-state index contributed by atoms with van der Waals surface area (Å²) in [5, 5.41) is 1.34. The van der Waals surface area contributed by atoms with Gasteiger partial charge in [-0.25, -0.2) is 13.1 Å². The molecule has 1 atom stereocenters. The third-order valence-electron chi connectivity index (χ3n) is 4.92. The summed E-state index contributed by atoms with van der Waals surface area (Å²) >= 11 is 3.42. The highest BCUT2D eigenvalue weighted by atomic mass is 79.9. The Morgan fingerprint density at radius 2 is 1.90 bits per heavy atom. The molecule has 0 aromatic heterocycles. The topological polar surface area (TPSA) is 81.7 Å². The van der Waals surface area contributed by atoms with Gasteiger partial charge >= 0.3 is 0 Å². The first-order valence-corrected chi connectivity index (χ1v) is 11.2. The summed E-state index contributed by atoms with van der Waals surface area (Å²) in [7, 11) is -2.56. The maximum Gasteiger partial charge on any atom is 0.264 e. The molecular formula is C21H18BrNO5S. The quantitative estimate of drug-likeness (QED) is 0.616. The number of fused-ring (bicyclic) bond motifs is 2. The Kier molecular flexibility index (Phi) is 5.23. The lowest BCUT2D eigenvalue weighted by Gasteiger charge is -2.27. The van der Waals surface area contributed by atoms with Gasteiger partial charge in [0.05, 0.1) is 29.0 Å². The molecule has 8 heteroatoms. The maximum atomic E-state index is 13.0. The second-order valence-electron chi connectivity index (χ2n) is 6.63. The first-order chi connectivity index (χ1) is 13.9. The molecule has 0 unspecified atom stereocenters. The molecule has 1 N–H and O–H groups in total. The molecule has 3 aromatic rings. The van der Waals surface area contributed by atoms with Crippen molar-refractivity contribution in [1.29, 1.82) is 0 Å². The maximum absolute atomic E-state index is 13.0. The smallest absolute Gasteiger partial charge is 0.264 e. The summed E-state index contributed by atoms with van der Waals surface area (Å²) < 4.78 is 40.1. The molecule has 150 valence electrons. The molecule has 0 bridgehead atoms. The van der Waals surface area contributed by atoms with Crippen LogP contribution in [0, 0.1) is 0 Å². The zero-order valence-electron chi connectivity index (χ0n) is 15.5. The van der Waals surface area contributed by atoms with E-state index in [1.807, 2.05) is 18.2 Å². The fourth-order valence-electron chi connectivity index (χ4n) is 3.58. The average molecular weight is 476 g/mol. The number of methoxy groups -OCH3 is 1. The second-order valence-corrected chi connectivity index (χ2v) is 9.13. The summed E-state index contributed by atoms with van der Waals surface area (Å²) in [4.78, 5) is 13.1. The Morgan fingerprint density at radius 1 is 1.14 bits per heavy atom. The summed E-state index contributed by atoms with van der Waals surface area (Å²) in [6.07, 6.45) is 0.344. The van der Waals surface area contributed by atoms with E-state index >= 15 is 0 Å². The molecule has 0 radical (unpaired) electrons. The number of benzene rings is 3. The van der Waals surface area contributed by atoms with E-state index in [-0.39, 0.29) is 4.90 Å². The van der Waals surface area contributed by atoms with Crippen molar-refractivity contribution in [3.63, 3.8) is 0 Å². The van der Waals surface area contributed by atoms with Gasteiger partial charge in [0.1, 0.15) is 11.5 Å². The number of hydrogen-bond acceptors (Lipinski definition) is 5. The van der Waals surface area contributed by atoms with Gasteiger partial charge < -0.3 is 9.47 Å². The minimum atomic E-state index is -4.06. The second kappa shape index (κ2) is 7.68. The molecule has 4 rings (SSSR count). The lowest BCUT2D eigenvalue weighted by Crippen LogP contribution is -2.36. The molecule has 3 aromatic carbocycles. The number of carbonyl (C=O) groups excluding carboxylic acids is 1. The van der Waals surface area contributed by atoms with Crippen molar-refractivity contribution >= 4 is 42.6 Å². The number of hydrogen-bond donors (Lipinski definition) is 1. The zero-order chi connectivity index (χ0) is 20.6. The molecule has 1 aliphatic heterocycles. The van der Waals surface area contributed by atoms with Crippen molar-refractivity contribution in [3.8, 4) is 11.5 Å². The van der Waals surface area contributed by atoms with Crippen LogP contribution in [0.15, 0.2) is 64.0 Å². The number of amides is 1. The molecule has 29 heavy (non-hydrogen) atoms. The third-order valence-corrected chi connectivity index (χ3v) is 6.95. The van der Waals surface area contributed by atoms with Crippen molar-refractivity contribution in [3.05, 3.63) is 64.6 Å². The van der Waals surface area contributed by atoms with E-state index in [0.29, 0.717) is 39.9 Å². The Hall–Kier alpha value is -2.58. The van der Waals surface area contributed by atoms with Crippen LogP contribution in [0.2, 0.25) is 0 Å². The molecule has 1 heterocycles. The lowest BCUT2D eigenvalue weighted by molar-refractivity contribution is -0.121.